The van der Waals surface area contributed by atoms with Crippen LogP contribution in [0.3, 0.4) is 0 Å². The van der Waals surface area contributed by atoms with Crippen molar-refractivity contribution >= 4 is 0 Å². The third-order valence-corrected chi connectivity index (χ3v) is 3.21. The molecule has 3 atom stereocenters. The van der Waals surface area contributed by atoms with Gasteiger partial charge in [0.2, 0.25) is 0 Å². The number of rotatable bonds is 13. The fourth-order valence-electron chi connectivity index (χ4n) is 1.67. The standard InChI is InChI=1S/C16H34O4/c1-6-14(5)20-16(10-17)8-9-18-12-15(7-2)19-11-13(3)4/h13-17H,6-12H2,1-5H3. The summed E-state index contributed by atoms with van der Waals surface area (Å²) < 4.78 is 17.1. The number of hydrogen-bond acceptors (Lipinski definition) is 4. The molecular weight excluding hydrogens is 256 g/mol. The number of ether oxygens (including phenoxy) is 3. The summed E-state index contributed by atoms with van der Waals surface area (Å²) in [5, 5.41) is 9.27. The molecule has 4 heteroatoms. The summed E-state index contributed by atoms with van der Waals surface area (Å²) in [4.78, 5) is 0. The molecule has 0 amide bonds. The van der Waals surface area contributed by atoms with Crippen LogP contribution in [0.4, 0.5) is 0 Å². The van der Waals surface area contributed by atoms with Gasteiger partial charge in [-0.15, -0.1) is 0 Å². The molecular formula is C16H34O4. The Morgan fingerprint density at radius 3 is 2.15 bits per heavy atom. The highest BCUT2D eigenvalue weighted by molar-refractivity contribution is 4.60. The Balaban J connectivity index is 3.74. The highest BCUT2D eigenvalue weighted by Gasteiger charge is 2.12. The van der Waals surface area contributed by atoms with Crippen molar-refractivity contribution in [3.05, 3.63) is 0 Å². The number of aliphatic hydroxyl groups is 1. The maximum absolute atomic E-state index is 9.27. The fourth-order valence-corrected chi connectivity index (χ4v) is 1.67. The Morgan fingerprint density at radius 2 is 1.65 bits per heavy atom. The predicted molar refractivity (Wildman–Crippen MR) is 82.0 cm³/mol. The van der Waals surface area contributed by atoms with E-state index in [1.54, 1.807) is 0 Å². The van der Waals surface area contributed by atoms with Crippen molar-refractivity contribution in [3.63, 3.8) is 0 Å². The molecule has 1 N–H and O–H groups in total. The van der Waals surface area contributed by atoms with E-state index in [0.29, 0.717) is 19.1 Å². The van der Waals surface area contributed by atoms with Crippen LogP contribution < -0.4 is 0 Å². The average Bonchev–Trinajstić information content (AvgIpc) is 2.44. The SMILES string of the molecule is CCC(C)OC(CO)CCOCC(CC)OCC(C)C. The van der Waals surface area contributed by atoms with E-state index in [2.05, 4.69) is 27.7 Å². The fraction of sp³-hybridized carbons (Fsp3) is 1.00. The lowest BCUT2D eigenvalue weighted by Crippen LogP contribution is -2.26. The molecule has 0 aromatic rings. The molecule has 0 heterocycles. The van der Waals surface area contributed by atoms with Crippen LogP contribution in [0.15, 0.2) is 0 Å². The van der Waals surface area contributed by atoms with E-state index in [-0.39, 0.29) is 24.9 Å². The Bertz CT molecular complexity index is 209. The summed E-state index contributed by atoms with van der Waals surface area (Å²) in [6.07, 6.45) is 2.87. The quantitative estimate of drug-likeness (QED) is 0.530. The Labute approximate surface area is 124 Å². The van der Waals surface area contributed by atoms with Gasteiger partial charge in [0.25, 0.3) is 0 Å². The molecule has 20 heavy (non-hydrogen) atoms. The maximum Gasteiger partial charge on any atom is 0.0831 e. The molecule has 0 aromatic carbocycles. The third kappa shape index (κ3) is 10.6. The molecule has 0 saturated carbocycles. The van der Waals surface area contributed by atoms with Crippen LogP contribution in [0.25, 0.3) is 0 Å². The first kappa shape index (κ1) is 19.8. The number of hydrogen-bond donors (Lipinski definition) is 1. The first-order valence-corrected chi connectivity index (χ1v) is 7.99. The Kier molecular flexibility index (Phi) is 12.5. The third-order valence-electron chi connectivity index (χ3n) is 3.21. The molecule has 0 rings (SSSR count). The maximum atomic E-state index is 9.27. The van der Waals surface area contributed by atoms with E-state index in [4.69, 9.17) is 14.2 Å². The highest BCUT2D eigenvalue weighted by atomic mass is 16.5. The van der Waals surface area contributed by atoms with Crippen molar-refractivity contribution < 1.29 is 19.3 Å². The van der Waals surface area contributed by atoms with E-state index in [9.17, 15) is 5.11 Å². The zero-order valence-corrected chi connectivity index (χ0v) is 13.9. The molecule has 122 valence electrons. The van der Waals surface area contributed by atoms with Crippen LogP contribution in [0.1, 0.15) is 53.9 Å². The van der Waals surface area contributed by atoms with Crippen LogP contribution >= 0.6 is 0 Å². The lowest BCUT2D eigenvalue weighted by molar-refractivity contribution is -0.0619. The van der Waals surface area contributed by atoms with Gasteiger partial charge in [0.1, 0.15) is 0 Å². The van der Waals surface area contributed by atoms with Crippen LogP contribution in [0.2, 0.25) is 0 Å². The van der Waals surface area contributed by atoms with Gasteiger partial charge in [-0.3, -0.25) is 0 Å². The predicted octanol–water partition coefficient (Wildman–Crippen LogP) is 3.02. The lowest BCUT2D eigenvalue weighted by Gasteiger charge is -2.21. The van der Waals surface area contributed by atoms with Gasteiger partial charge in [0.15, 0.2) is 0 Å². The summed E-state index contributed by atoms with van der Waals surface area (Å²) in [6, 6.07) is 0. The van der Waals surface area contributed by atoms with Gasteiger partial charge in [0.05, 0.1) is 31.5 Å². The second kappa shape index (κ2) is 12.6. The van der Waals surface area contributed by atoms with Gasteiger partial charge in [-0.05, 0) is 32.1 Å². The number of aliphatic hydroxyl groups excluding tert-OH is 1. The van der Waals surface area contributed by atoms with Gasteiger partial charge in [-0.25, -0.2) is 0 Å². The Morgan fingerprint density at radius 1 is 0.950 bits per heavy atom. The average molecular weight is 290 g/mol. The molecule has 0 fully saturated rings. The van der Waals surface area contributed by atoms with Crippen molar-refractivity contribution in [2.24, 2.45) is 5.92 Å². The van der Waals surface area contributed by atoms with E-state index in [0.717, 1.165) is 25.9 Å². The van der Waals surface area contributed by atoms with E-state index in [1.807, 2.05) is 6.92 Å². The zero-order valence-electron chi connectivity index (χ0n) is 13.9. The molecule has 4 nitrogen and oxygen atoms in total. The van der Waals surface area contributed by atoms with Crippen LogP contribution in [0.5, 0.6) is 0 Å². The lowest BCUT2D eigenvalue weighted by atomic mass is 10.2. The van der Waals surface area contributed by atoms with Gasteiger partial charge in [0, 0.05) is 13.2 Å². The van der Waals surface area contributed by atoms with Crippen LogP contribution in [-0.4, -0.2) is 49.8 Å². The smallest absolute Gasteiger partial charge is 0.0831 e. The molecule has 0 aliphatic rings. The first-order chi connectivity index (χ1) is 9.53. The second-order valence-corrected chi connectivity index (χ2v) is 5.78. The van der Waals surface area contributed by atoms with Crippen LogP contribution in [-0.2, 0) is 14.2 Å². The van der Waals surface area contributed by atoms with Crippen molar-refractivity contribution in [2.45, 2.75) is 72.2 Å². The molecule has 0 aliphatic heterocycles. The molecule has 0 spiro atoms. The molecule has 0 aromatic heterocycles. The minimum absolute atomic E-state index is 0.0504. The largest absolute Gasteiger partial charge is 0.394 e. The van der Waals surface area contributed by atoms with Crippen molar-refractivity contribution in [1.29, 1.82) is 0 Å². The molecule has 0 bridgehead atoms. The molecule has 0 aliphatic carbocycles. The zero-order chi connectivity index (χ0) is 15.4. The van der Waals surface area contributed by atoms with E-state index in [1.165, 1.54) is 0 Å². The molecule has 0 saturated heterocycles. The van der Waals surface area contributed by atoms with E-state index >= 15 is 0 Å². The minimum atomic E-state index is -0.124. The summed E-state index contributed by atoms with van der Waals surface area (Å²) in [5.41, 5.74) is 0. The summed E-state index contributed by atoms with van der Waals surface area (Å²) >= 11 is 0. The molecule has 0 radical (unpaired) electrons. The molecule has 3 unspecified atom stereocenters. The van der Waals surface area contributed by atoms with Gasteiger partial charge in [-0.1, -0.05) is 27.7 Å². The van der Waals surface area contributed by atoms with Crippen molar-refractivity contribution in [3.8, 4) is 0 Å². The van der Waals surface area contributed by atoms with Gasteiger partial charge < -0.3 is 19.3 Å². The monoisotopic (exact) mass is 290 g/mol. The first-order valence-electron chi connectivity index (χ1n) is 7.99. The topological polar surface area (TPSA) is 47.9 Å². The summed E-state index contributed by atoms with van der Waals surface area (Å²) in [5.74, 6) is 0.548. The second-order valence-electron chi connectivity index (χ2n) is 5.78. The Hall–Kier alpha value is -0.160. The van der Waals surface area contributed by atoms with Crippen molar-refractivity contribution in [1.82, 2.24) is 0 Å². The van der Waals surface area contributed by atoms with E-state index < -0.39 is 0 Å². The highest BCUT2D eigenvalue weighted by Crippen LogP contribution is 2.07. The van der Waals surface area contributed by atoms with Crippen molar-refractivity contribution in [2.75, 3.05) is 26.4 Å². The summed E-state index contributed by atoms with van der Waals surface area (Å²) in [6.45, 7) is 12.5. The summed E-state index contributed by atoms with van der Waals surface area (Å²) in [7, 11) is 0. The minimum Gasteiger partial charge on any atom is -0.394 e. The van der Waals surface area contributed by atoms with Gasteiger partial charge in [-0.2, -0.15) is 0 Å². The van der Waals surface area contributed by atoms with Crippen LogP contribution in [0, 0.1) is 5.92 Å². The normalized spacial score (nSPS) is 16.4. The van der Waals surface area contributed by atoms with Gasteiger partial charge >= 0.3 is 0 Å².